The number of aromatic nitrogens is 2. The molecule has 96 valence electrons. The van der Waals surface area contributed by atoms with E-state index >= 15 is 0 Å². The third kappa shape index (κ3) is 3.78. The van der Waals surface area contributed by atoms with E-state index in [1.54, 1.807) is 0 Å². The van der Waals surface area contributed by atoms with Crippen LogP contribution in [0.2, 0.25) is 0 Å². The van der Waals surface area contributed by atoms with E-state index in [1.165, 1.54) is 12.8 Å². The minimum Gasteiger partial charge on any atom is -0.371 e. The van der Waals surface area contributed by atoms with Gasteiger partial charge in [0.2, 0.25) is 0 Å². The van der Waals surface area contributed by atoms with Crippen LogP contribution in [0.4, 0.5) is 0 Å². The lowest BCUT2D eigenvalue weighted by Gasteiger charge is -2.21. The smallest absolute Gasteiger partial charge is 0.252 e. The Morgan fingerprint density at radius 3 is 2.82 bits per heavy atom. The van der Waals surface area contributed by atoms with Gasteiger partial charge in [0, 0.05) is 5.92 Å². The van der Waals surface area contributed by atoms with Crippen molar-refractivity contribution < 1.29 is 9.26 Å². The number of ether oxygens (including phenoxy) is 1. The lowest BCUT2D eigenvalue weighted by molar-refractivity contribution is 0.0602. The average molecular weight is 239 g/mol. The molecule has 0 aromatic carbocycles. The second-order valence-electron chi connectivity index (χ2n) is 4.91. The Bertz CT molecular complexity index is 332. The van der Waals surface area contributed by atoms with Crippen molar-refractivity contribution in [1.29, 1.82) is 0 Å². The molecule has 1 aromatic rings. The van der Waals surface area contributed by atoms with Crippen molar-refractivity contribution >= 4 is 0 Å². The third-order valence-corrected chi connectivity index (χ3v) is 3.04. The zero-order chi connectivity index (χ0) is 12.1. The first-order valence-electron chi connectivity index (χ1n) is 6.36. The lowest BCUT2D eigenvalue weighted by Crippen LogP contribution is -2.29. The van der Waals surface area contributed by atoms with E-state index in [2.05, 4.69) is 15.5 Å². The number of rotatable bonds is 5. The summed E-state index contributed by atoms with van der Waals surface area (Å²) < 4.78 is 10.7. The lowest BCUT2D eigenvalue weighted by atomic mass is 9.99. The predicted octanol–water partition coefficient (Wildman–Crippen LogP) is 1.71. The maximum absolute atomic E-state index is 5.63. The fourth-order valence-electron chi connectivity index (χ4n) is 1.92. The van der Waals surface area contributed by atoms with Gasteiger partial charge in [-0.05, 0) is 31.8 Å². The molecular formula is C12H21N3O2. The summed E-state index contributed by atoms with van der Waals surface area (Å²) in [6.07, 6.45) is 2.39. The minimum absolute atomic E-state index is 0.303. The first-order valence-corrected chi connectivity index (χ1v) is 6.36. The van der Waals surface area contributed by atoms with Crippen molar-refractivity contribution in [3.05, 3.63) is 11.7 Å². The second-order valence-corrected chi connectivity index (χ2v) is 4.91. The molecule has 1 aliphatic rings. The van der Waals surface area contributed by atoms with Crippen molar-refractivity contribution in [2.45, 2.75) is 39.2 Å². The van der Waals surface area contributed by atoms with Crippen LogP contribution in [-0.2, 0) is 11.3 Å². The van der Waals surface area contributed by atoms with Gasteiger partial charge in [0.05, 0.1) is 6.61 Å². The van der Waals surface area contributed by atoms with Crippen LogP contribution in [-0.4, -0.2) is 29.8 Å². The number of hydrogen-bond acceptors (Lipinski definition) is 5. The average Bonchev–Trinajstić information content (AvgIpc) is 2.79. The summed E-state index contributed by atoms with van der Waals surface area (Å²) in [4.78, 5) is 4.28. The molecule has 17 heavy (non-hydrogen) atoms. The molecule has 0 amide bonds. The van der Waals surface area contributed by atoms with Crippen LogP contribution in [0.15, 0.2) is 4.52 Å². The van der Waals surface area contributed by atoms with E-state index in [9.17, 15) is 0 Å². The van der Waals surface area contributed by atoms with Gasteiger partial charge in [0.25, 0.3) is 5.89 Å². The van der Waals surface area contributed by atoms with Crippen LogP contribution in [0.5, 0.6) is 0 Å². The highest BCUT2D eigenvalue weighted by Gasteiger charge is 2.14. The van der Waals surface area contributed by atoms with Crippen molar-refractivity contribution in [1.82, 2.24) is 15.5 Å². The predicted molar refractivity (Wildman–Crippen MR) is 63.6 cm³/mol. The maximum Gasteiger partial charge on any atom is 0.252 e. The van der Waals surface area contributed by atoms with Crippen molar-refractivity contribution in [3.8, 4) is 0 Å². The van der Waals surface area contributed by atoms with Crippen LogP contribution < -0.4 is 5.32 Å². The summed E-state index contributed by atoms with van der Waals surface area (Å²) in [5.74, 6) is 2.31. The van der Waals surface area contributed by atoms with E-state index in [4.69, 9.17) is 9.26 Å². The standard InChI is InChI=1S/C12H21N3O2/c1-9(2)12-14-11(17-15-12)8-16-7-10-3-5-13-6-4-10/h9-10,13H,3-8H2,1-2H3. The fraction of sp³-hybridized carbons (Fsp3) is 0.833. The number of nitrogens with zero attached hydrogens (tertiary/aromatic N) is 2. The largest absolute Gasteiger partial charge is 0.371 e. The molecule has 2 heterocycles. The summed E-state index contributed by atoms with van der Waals surface area (Å²) in [7, 11) is 0. The van der Waals surface area contributed by atoms with Crippen LogP contribution in [0.3, 0.4) is 0 Å². The van der Waals surface area contributed by atoms with Crippen LogP contribution >= 0.6 is 0 Å². The summed E-state index contributed by atoms with van der Waals surface area (Å²) in [5.41, 5.74) is 0. The van der Waals surface area contributed by atoms with Crippen molar-refractivity contribution in [2.75, 3.05) is 19.7 Å². The van der Waals surface area contributed by atoms with Gasteiger partial charge >= 0.3 is 0 Å². The van der Waals surface area contributed by atoms with E-state index in [1.807, 2.05) is 13.8 Å². The third-order valence-electron chi connectivity index (χ3n) is 3.04. The maximum atomic E-state index is 5.63. The fourth-order valence-corrected chi connectivity index (χ4v) is 1.92. The van der Waals surface area contributed by atoms with Gasteiger partial charge in [-0.15, -0.1) is 0 Å². The first-order chi connectivity index (χ1) is 8.25. The van der Waals surface area contributed by atoms with Crippen LogP contribution in [0.25, 0.3) is 0 Å². The molecule has 1 fully saturated rings. The van der Waals surface area contributed by atoms with E-state index in [0.29, 0.717) is 24.3 Å². The van der Waals surface area contributed by atoms with Crippen LogP contribution in [0, 0.1) is 5.92 Å². The van der Waals surface area contributed by atoms with Crippen molar-refractivity contribution in [2.24, 2.45) is 5.92 Å². The van der Waals surface area contributed by atoms with E-state index < -0.39 is 0 Å². The van der Waals surface area contributed by atoms with Crippen molar-refractivity contribution in [3.63, 3.8) is 0 Å². The molecule has 0 aliphatic carbocycles. The highest BCUT2D eigenvalue weighted by atomic mass is 16.5. The molecule has 5 heteroatoms. The molecule has 0 saturated carbocycles. The minimum atomic E-state index is 0.303. The zero-order valence-electron chi connectivity index (χ0n) is 10.6. The monoisotopic (exact) mass is 239 g/mol. The molecule has 0 unspecified atom stereocenters. The van der Waals surface area contributed by atoms with Gasteiger partial charge in [0.1, 0.15) is 6.61 Å². The molecule has 1 aliphatic heterocycles. The topological polar surface area (TPSA) is 60.2 Å². The van der Waals surface area contributed by atoms with Gasteiger partial charge < -0.3 is 14.6 Å². The second kappa shape index (κ2) is 6.12. The molecule has 0 radical (unpaired) electrons. The quantitative estimate of drug-likeness (QED) is 0.847. The summed E-state index contributed by atoms with van der Waals surface area (Å²) in [6.45, 7) is 7.53. The highest BCUT2D eigenvalue weighted by Crippen LogP contribution is 2.13. The summed E-state index contributed by atoms with van der Waals surface area (Å²) in [6, 6.07) is 0. The van der Waals surface area contributed by atoms with Gasteiger partial charge in [-0.1, -0.05) is 19.0 Å². The van der Waals surface area contributed by atoms with E-state index in [-0.39, 0.29) is 0 Å². The van der Waals surface area contributed by atoms with Crippen LogP contribution in [0.1, 0.15) is 44.3 Å². The molecule has 1 saturated heterocycles. The SMILES string of the molecule is CC(C)c1noc(COCC2CCNCC2)n1. The van der Waals surface area contributed by atoms with Gasteiger partial charge in [-0.25, -0.2) is 0 Å². The van der Waals surface area contributed by atoms with Gasteiger partial charge in [-0.2, -0.15) is 4.98 Å². The molecule has 0 atom stereocenters. The molecule has 1 aromatic heterocycles. The number of piperidine rings is 1. The molecule has 0 spiro atoms. The Morgan fingerprint density at radius 2 is 2.18 bits per heavy atom. The Balaban J connectivity index is 1.70. The summed E-state index contributed by atoms with van der Waals surface area (Å²) in [5, 5.41) is 7.25. The highest BCUT2D eigenvalue weighted by molar-refractivity contribution is 4.90. The number of nitrogens with one attached hydrogen (secondary N) is 1. The van der Waals surface area contributed by atoms with Gasteiger partial charge in [0.15, 0.2) is 5.82 Å². The first kappa shape index (κ1) is 12.5. The number of hydrogen-bond donors (Lipinski definition) is 1. The van der Waals surface area contributed by atoms with E-state index in [0.717, 1.165) is 25.5 Å². The molecule has 2 rings (SSSR count). The molecule has 0 bridgehead atoms. The Hall–Kier alpha value is -0.940. The molecule has 5 nitrogen and oxygen atoms in total. The molecule has 1 N–H and O–H groups in total. The Kier molecular flexibility index (Phi) is 4.50. The zero-order valence-corrected chi connectivity index (χ0v) is 10.6. The van der Waals surface area contributed by atoms with Gasteiger partial charge in [-0.3, -0.25) is 0 Å². The molecular weight excluding hydrogens is 218 g/mol. The Labute approximate surface area is 102 Å². The normalized spacial score (nSPS) is 17.8. The summed E-state index contributed by atoms with van der Waals surface area (Å²) >= 11 is 0. The Morgan fingerprint density at radius 1 is 1.41 bits per heavy atom.